The number of hydrogen-bond donors (Lipinski definition) is 1. The maximum absolute atomic E-state index is 10.6. The zero-order valence-electron chi connectivity index (χ0n) is 5.61. The normalized spacial score (nSPS) is 9.75. The highest BCUT2D eigenvalue weighted by atomic mass is 79.9. The molecule has 0 aromatic carbocycles. The van der Waals surface area contributed by atoms with E-state index < -0.39 is 10.8 Å². The van der Waals surface area contributed by atoms with Crippen LogP contribution >= 0.6 is 27.3 Å². The van der Waals surface area contributed by atoms with Crippen LogP contribution in [-0.2, 0) is 0 Å². The van der Waals surface area contributed by atoms with E-state index in [2.05, 4.69) is 15.9 Å². The van der Waals surface area contributed by atoms with Crippen LogP contribution in [0.3, 0.4) is 0 Å². The standard InChI is InChI=1S/C5H3BrN2O3S/c6-4-2(5(7)9)1-3(12-4)8(10)11/h1H,(H2,7,9). The summed E-state index contributed by atoms with van der Waals surface area (Å²) in [6.45, 7) is 0. The molecule has 0 fully saturated rings. The van der Waals surface area contributed by atoms with Crippen molar-refractivity contribution in [2.75, 3.05) is 0 Å². The van der Waals surface area contributed by atoms with E-state index in [0.29, 0.717) is 3.79 Å². The average molecular weight is 251 g/mol. The second kappa shape index (κ2) is 3.20. The molecule has 0 radical (unpaired) electrons. The fourth-order valence-corrected chi connectivity index (χ4v) is 2.13. The van der Waals surface area contributed by atoms with Gasteiger partial charge in [-0.2, -0.15) is 0 Å². The zero-order chi connectivity index (χ0) is 9.30. The Morgan fingerprint density at radius 2 is 2.33 bits per heavy atom. The smallest absolute Gasteiger partial charge is 0.325 e. The Labute approximate surface area is 79.5 Å². The first-order chi connectivity index (χ1) is 5.52. The van der Waals surface area contributed by atoms with Gasteiger partial charge in [0.2, 0.25) is 0 Å². The van der Waals surface area contributed by atoms with Crippen LogP contribution in [0.15, 0.2) is 9.85 Å². The summed E-state index contributed by atoms with van der Waals surface area (Å²) in [4.78, 5) is 20.3. The highest BCUT2D eigenvalue weighted by Gasteiger charge is 2.17. The van der Waals surface area contributed by atoms with E-state index in [1.54, 1.807) is 0 Å². The van der Waals surface area contributed by atoms with E-state index in [1.165, 1.54) is 0 Å². The van der Waals surface area contributed by atoms with Gasteiger partial charge in [-0.3, -0.25) is 14.9 Å². The van der Waals surface area contributed by atoms with E-state index in [4.69, 9.17) is 5.73 Å². The van der Waals surface area contributed by atoms with Crippen LogP contribution in [0.2, 0.25) is 0 Å². The lowest BCUT2D eigenvalue weighted by Crippen LogP contribution is -2.09. The number of nitrogens with zero attached hydrogens (tertiary/aromatic N) is 1. The van der Waals surface area contributed by atoms with Crippen molar-refractivity contribution in [3.63, 3.8) is 0 Å². The summed E-state index contributed by atoms with van der Waals surface area (Å²) in [5.74, 6) is -0.675. The largest absolute Gasteiger partial charge is 0.366 e. The van der Waals surface area contributed by atoms with Crippen LogP contribution in [-0.4, -0.2) is 10.8 Å². The van der Waals surface area contributed by atoms with Crippen molar-refractivity contribution < 1.29 is 9.72 Å². The summed E-state index contributed by atoms with van der Waals surface area (Å²) in [5, 5.41) is 10.1. The number of amides is 1. The van der Waals surface area contributed by atoms with Crippen LogP contribution < -0.4 is 5.73 Å². The molecule has 2 N–H and O–H groups in total. The second-order valence-corrected chi connectivity index (χ2v) is 4.24. The van der Waals surface area contributed by atoms with E-state index in [9.17, 15) is 14.9 Å². The second-order valence-electron chi connectivity index (χ2n) is 1.89. The van der Waals surface area contributed by atoms with Gasteiger partial charge >= 0.3 is 5.00 Å². The van der Waals surface area contributed by atoms with Gasteiger partial charge < -0.3 is 5.73 Å². The predicted octanol–water partition coefficient (Wildman–Crippen LogP) is 1.52. The zero-order valence-corrected chi connectivity index (χ0v) is 8.02. The molecule has 12 heavy (non-hydrogen) atoms. The predicted molar refractivity (Wildman–Crippen MR) is 47.2 cm³/mol. The Kier molecular flexibility index (Phi) is 2.43. The van der Waals surface area contributed by atoms with Crippen LogP contribution in [0, 0.1) is 10.1 Å². The van der Waals surface area contributed by atoms with E-state index in [-0.39, 0.29) is 10.6 Å². The molecule has 0 saturated carbocycles. The minimum absolute atomic E-state index is 0.101. The monoisotopic (exact) mass is 250 g/mol. The first kappa shape index (κ1) is 9.14. The molecule has 1 heterocycles. The summed E-state index contributed by atoms with van der Waals surface area (Å²) < 4.78 is 0.390. The lowest BCUT2D eigenvalue weighted by molar-refractivity contribution is -0.380. The molecule has 0 aliphatic rings. The van der Waals surface area contributed by atoms with Crippen LogP contribution in [0.5, 0.6) is 0 Å². The molecule has 1 aromatic heterocycles. The molecule has 1 aromatic rings. The number of carbonyl (C=O) groups excluding carboxylic acids is 1. The Balaban J connectivity index is 3.17. The number of nitro groups is 1. The third-order valence-electron chi connectivity index (χ3n) is 1.12. The maximum Gasteiger partial charge on any atom is 0.325 e. The molecule has 5 nitrogen and oxygen atoms in total. The lowest BCUT2D eigenvalue weighted by Gasteiger charge is -1.85. The molecule has 1 rings (SSSR count). The number of primary amides is 1. The minimum Gasteiger partial charge on any atom is -0.366 e. The number of thiophene rings is 1. The summed E-state index contributed by atoms with van der Waals surface area (Å²) in [5.41, 5.74) is 5.09. The first-order valence-electron chi connectivity index (χ1n) is 2.76. The number of halogens is 1. The SMILES string of the molecule is NC(=O)c1cc([N+](=O)[O-])sc1Br. The Hall–Kier alpha value is -0.950. The fraction of sp³-hybridized carbons (Fsp3) is 0. The van der Waals surface area contributed by atoms with Crippen molar-refractivity contribution >= 4 is 38.2 Å². The Morgan fingerprint density at radius 3 is 2.58 bits per heavy atom. The molecular formula is C5H3BrN2O3S. The number of nitrogens with two attached hydrogens (primary N) is 1. The molecule has 7 heteroatoms. The topological polar surface area (TPSA) is 86.2 Å². The highest BCUT2D eigenvalue weighted by Crippen LogP contribution is 2.32. The van der Waals surface area contributed by atoms with Gasteiger partial charge in [-0.1, -0.05) is 11.3 Å². The summed E-state index contributed by atoms with van der Waals surface area (Å²) in [6.07, 6.45) is 0. The molecule has 0 saturated heterocycles. The van der Waals surface area contributed by atoms with Crippen molar-refractivity contribution in [1.82, 2.24) is 0 Å². The number of rotatable bonds is 2. The van der Waals surface area contributed by atoms with E-state index in [0.717, 1.165) is 17.4 Å². The van der Waals surface area contributed by atoms with Gasteiger partial charge in [0, 0.05) is 6.07 Å². The van der Waals surface area contributed by atoms with Gasteiger partial charge in [0.25, 0.3) is 5.91 Å². The average Bonchev–Trinajstić information content (AvgIpc) is 2.30. The van der Waals surface area contributed by atoms with Gasteiger partial charge in [0.1, 0.15) is 0 Å². The third kappa shape index (κ3) is 1.62. The summed E-state index contributed by atoms with van der Waals surface area (Å²) >= 11 is 3.87. The third-order valence-corrected chi connectivity index (χ3v) is 2.91. The van der Waals surface area contributed by atoms with Crippen molar-refractivity contribution in [3.8, 4) is 0 Å². The van der Waals surface area contributed by atoms with Gasteiger partial charge in [0.15, 0.2) is 0 Å². The van der Waals surface area contributed by atoms with Crippen LogP contribution in [0.4, 0.5) is 5.00 Å². The Bertz CT molecular complexity index is 348. The number of carbonyl (C=O) groups is 1. The fourth-order valence-electron chi connectivity index (χ4n) is 0.614. The molecule has 0 aliphatic carbocycles. The van der Waals surface area contributed by atoms with Crippen molar-refractivity contribution in [1.29, 1.82) is 0 Å². The Morgan fingerprint density at radius 1 is 1.75 bits per heavy atom. The quantitative estimate of drug-likeness (QED) is 0.638. The van der Waals surface area contributed by atoms with Crippen molar-refractivity contribution in [2.24, 2.45) is 5.73 Å². The van der Waals surface area contributed by atoms with Crippen LogP contribution in [0.25, 0.3) is 0 Å². The first-order valence-corrected chi connectivity index (χ1v) is 4.37. The van der Waals surface area contributed by atoms with Gasteiger partial charge in [-0.05, 0) is 15.9 Å². The lowest BCUT2D eigenvalue weighted by atomic mass is 10.3. The van der Waals surface area contributed by atoms with E-state index >= 15 is 0 Å². The van der Waals surface area contributed by atoms with Gasteiger partial charge in [-0.15, -0.1) is 0 Å². The molecule has 1 amide bonds. The molecule has 0 atom stereocenters. The molecule has 0 spiro atoms. The molecule has 64 valence electrons. The highest BCUT2D eigenvalue weighted by molar-refractivity contribution is 9.11. The van der Waals surface area contributed by atoms with Crippen molar-refractivity contribution in [3.05, 3.63) is 25.5 Å². The summed E-state index contributed by atoms with van der Waals surface area (Å²) in [6, 6.07) is 1.15. The molecule has 0 aliphatic heterocycles. The molecular weight excluding hydrogens is 248 g/mol. The van der Waals surface area contributed by atoms with Gasteiger partial charge in [0.05, 0.1) is 14.3 Å². The van der Waals surface area contributed by atoms with Crippen LogP contribution in [0.1, 0.15) is 10.4 Å². The van der Waals surface area contributed by atoms with E-state index in [1.807, 2.05) is 0 Å². The summed E-state index contributed by atoms with van der Waals surface area (Å²) in [7, 11) is 0. The van der Waals surface area contributed by atoms with Crippen molar-refractivity contribution in [2.45, 2.75) is 0 Å². The molecule has 0 unspecified atom stereocenters. The van der Waals surface area contributed by atoms with Gasteiger partial charge in [-0.25, -0.2) is 0 Å². The molecule has 0 bridgehead atoms. The number of hydrogen-bond acceptors (Lipinski definition) is 4. The minimum atomic E-state index is -0.675. The maximum atomic E-state index is 10.6.